The van der Waals surface area contributed by atoms with E-state index >= 15 is 0 Å². The predicted molar refractivity (Wildman–Crippen MR) is 97.9 cm³/mol. The standard InChI is InChI=1S/C18H14F3N5O2/c1-11-3-2-4-13(9-11)24-17-22-10-15(18(19,20)21)16(25-17)23-12-5-7-14(8-6-12)26(27)28/h2-10H,1H3,(H2,22,23,24,25). The molecule has 2 N–H and O–H groups in total. The highest BCUT2D eigenvalue weighted by Gasteiger charge is 2.35. The van der Waals surface area contributed by atoms with Crippen LogP contribution >= 0.6 is 0 Å². The van der Waals surface area contributed by atoms with Gasteiger partial charge in [-0.05, 0) is 36.8 Å². The fourth-order valence-corrected chi connectivity index (χ4v) is 2.40. The third-order valence-electron chi connectivity index (χ3n) is 3.71. The van der Waals surface area contributed by atoms with Gasteiger partial charge in [-0.2, -0.15) is 18.2 Å². The van der Waals surface area contributed by atoms with E-state index in [0.29, 0.717) is 11.9 Å². The Morgan fingerprint density at radius 2 is 1.75 bits per heavy atom. The first kappa shape index (κ1) is 19.1. The van der Waals surface area contributed by atoms with E-state index in [-0.39, 0.29) is 17.3 Å². The summed E-state index contributed by atoms with van der Waals surface area (Å²) in [4.78, 5) is 17.8. The van der Waals surface area contributed by atoms with E-state index < -0.39 is 22.5 Å². The average Bonchev–Trinajstić information content (AvgIpc) is 2.61. The Hall–Kier alpha value is -3.69. The number of halogens is 3. The Morgan fingerprint density at radius 3 is 2.36 bits per heavy atom. The van der Waals surface area contributed by atoms with Crippen molar-refractivity contribution >= 4 is 28.8 Å². The minimum absolute atomic E-state index is 0.0250. The number of alkyl halides is 3. The summed E-state index contributed by atoms with van der Waals surface area (Å²) in [6, 6.07) is 12.2. The highest BCUT2D eigenvalue weighted by atomic mass is 19.4. The van der Waals surface area contributed by atoms with Gasteiger partial charge in [0.15, 0.2) is 0 Å². The Balaban J connectivity index is 1.93. The van der Waals surface area contributed by atoms with E-state index in [4.69, 9.17) is 0 Å². The number of non-ortho nitro benzene ring substituents is 1. The zero-order valence-corrected chi connectivity index (χ0v) is 14.5. The average molecular weight is 389 g/mol. The number of anilines is 4. The van der Waals surface area contributed by atoms with E-state index in [1.165, 1.54) is 24.3 Å². The summed E-state index contributed by atoms with van der Waals surface area (Å²) in [5.41, 5.74) is 0.574. The van der Waals surface area contributed by atoms with Gasteiger partial charge < -0.3 is 10.6 Å². The molecule has 0 amide bonds. The molecule has 0 unspecified atom stereocenters. The number of nitrogens with zero attached hydrogens (tertiary/aromatic N) is 3. The van der Waals surface area contributed by atoms with Crippen LogP contribution in [0.2, 0.25) is 0 Å². The normalized spacial score (nSPS) is 11.1. The molecule has 10 heteroatoms. The van der Waals surface area contributed by atoms with Crippen LogP contribution in [0.5, 0.6) is 0 Å². The van der Waals surface area contributed by atoms with Gasteiger partial charge in [-0.15, -0.1) is 0 Å². The quantitative estimate of drug-likeness (QED) is 0.460. The largest absolute Gasteiger partial charge is 0.421 e. The maximum Gasteiger partial charge on any atom is 0.421 e. The molecule has 0 aliphatic carbocycles. The predicted octanol–water partition coefficient (Wildman–Crippen LogP) is 5.20. The fraction of sp³-hybridized carbons (Fsp3) is 0.111. The molecule has 0 saturated heterocycles. The SMILES string of the molecule is Cc1cccc(Nc2ncc(C(F)(F)F)c(Nc3ccc([N+](=O)[O-])cc3)n2)c1. The van der Waals surface area contributed by atoms with Crippen LogP contribution in [-0.4, -0.2) is 14.9 Å². The maximum atomic E-state index is 13.3. The highest BCUT2D eigenvalue weighted by molar-refractivity contribution is 5.63. The summed E-state index contributed by atoms with van der Waals surface area (Å²) in [6.45, 7) is 1.88. The van der Waals surface area contributed by atoms with Gasteiger partial charge in [0.1, 0.15) is 11.4 Å². The van der Waals surface area contributed by atoms with E-state index in [1.54, 1.807) is 18.2 Å². The maximum absolute atomic E-state index is 13.3. The number of hydrogen-bond acceptors (Lipinski definition) is 6. The molecule has 144 valence electrons. The van der Waals surface area contributed by atoms with Crippen molar-refractivity contribution in [1.29, 1.82) is 0 Å². The number of aryl methyl sites for hydroxylation is 1. The van der Waals surface area contributed by atoms with Crippen LogP contribution in [0.3, 0.4) is 0 Å². The first-order chi connectivity index (χ1) is 13.2. The topological polar surface area (TPSA) is 93.0 Å². The molecule has 0 aliphatic rings. The van der Waals surface area contributed by atoms with E-state index in [0.717, 1.165) is 5.56 Å². The van der Waals surface area contributed by atoms with Crippen LogP contribution in [0.4, 0.5) is 42.0 Å². The smallest absolute Gasteiger partial charge is 0.340 e. The van der Waals surface area contributed by atoms with Crippen LogP contribution in [0, 0.1) is 17.0 Å². The Morgan fingerprint density at radius 1 is 1.04 bits per heavy atom. The molecule has 3 rings (SSSR count). The van der Waals surface area contributed by atoms with Crippen molar-refractivity contribution in [3.8, 4) is 0 Å². The lowest BCUT2D eigenvalue weighted by molar-refractivity contribution is -0.384. The molecular weight excluding hydrogens is 375 g/mol. The number of benzene rings is 2. The summed E-state index contributed by atoms with van der Waals surface area (Å²) in [6.07, 6.45) is -4.00. The Labute approximate surface area is 157 Å². The molecule has 2 aromatic carbocycles. The van der Waals surface area contributed by atoms with Crippen molar-refractivity contribution in [3.63, 3.8) is 0 Å². The van der Waals surface area contributed by atoms with Gasteiger partial charge in [0.2, 0.25) is 5.95 Å². The molecule has 0 bridgehead atoms. The molecule has 0 spiro atoms. The lowest BCUT2D eigenvalue weighted by Gasteiger charge is -2.15. The van der Waals surface area contributed by atoms with Crippen molar-refractivity contribution in [2.45, 2.75) is 13.1 Å². The molecule has 1 aromatic heterocycles. The van der Waals surface area contributed by atoms with Crippen molar-refractivity contribution in [2.75, 3.05) is 10.6 Å². The minimum atomic E-state index is -4.68. The summed E-state index contributed by atoms with van der Waals surface area (Å²) in [5.74, 6) is -0.491. The Bertz CT molecular complexity index is 1010. The number of nitrogens with one attached hydrogen (secondary N) is 2. The van der Waals surface area contributed by atoms with Crippen LogP contribution < -0.4 is 10.6 Å². The van der Waals surface area contributed by atoms with Crippen molar-refractivity contribution in [2.24, 2.45) is 0 Å². The number of rotatable bonds is 5. The van der Waals surface area contributed by atoms with E-state index in [1.807, 2.05) is 13.0 Å². The minimum Gasteiger partial charge on any atom is -0.340 e. The van der Waals surface area contributed by atoms with Gasteiger partial charge in [0.25, 0.3) is 5.69 Å². The second kappa shape index (κ2) is 7.51. The van der Waals surface area contributed by atoms with Crippen molar-refractivity contribution in [3.05, 3.63) is 76.0 Å². The van der Waals surface area contributed by atoms with Gasteiger partial charge in [-0.3, -0.25) is 10.1 Å². The lowest BCUT2D eigenvalue weighted by atomic mass is 10.2. The van der Waals surface area contributed by atoms with Gasteiger partial charge in [-0.25, -0.2) is 4.98 Å². The number of nitro groups is 1. The Kier molecular flexibility index (Phi) is 5.12. The van der Waals surface area contributed by atoms with E-state index in [2.05, 4.69) is 20.6 Å². The fourth-order valence-electron chi connectivity index (χ4n) is 2.40. The second-order valence-corrected chi connectivity index (χ2v) is 5.88. The zero-order chi connectivity index (χ0) is 20.3. The molecule has 0 atom stereocenters. The van der Waals surface area contributed by atoms with Gasteiger partial charge >= 0.3 is 6.18 Å². The molecule has 0 saturated carbocycles. The second-order valence-electron chi connectivity index (χ2n) is 5.88. The molecule has 0 aliphatic heterocycles. The molecule has 28 heavy (non-hydrogen) atoms. The summed E-state index contributed by atoms with van der Waals surface area (Å²) >= 11 is 0. The van der Waals surface area contributed by atoms with Gasteiger partial charge in [-0.1, -0.05) is 12.1 Å². The monoisotopic (exact) mass is 389 g/mol. The number of nitro benzene ring substituents is 1. The molecule has 1 heterocycles. The first-order valence-electron chi connectivity index (χ1n) is 8.02. The summed E-state index contributed by atoms with van der Waals surface area (Å²) in [7, 11) is 0. The molecule has 0 radical (unpaired) electrons. The lowest BCUT2D eigenvalue weighted by Crippen LogP contribution is -2.12. The molecular formula is C18H14F3N5O2. The summed E-state index contributed by atoms with van der Waals surface area (Å²) < 4.78 is 39.9. The van der Waals surface area contributed by atoms with Gasteiger partial charge in [0, 0.05) is 29.7 Å². The van der Waals surface area contributed by atoms with Crippen LogP contribution in [-0.2, 0) is 6.18 Å². The molecule has 7 nitrogen and oxygen atoms in total. The summed E-state index contributed by atoms with van der Waals surface area (Å²) in [5, 5.41) is 16.1. The van der Waals surface area contributed by atoms with E-state index in [9.17, 15) is 23.3 Å². The number of aromatic nitrogens is 2. The van der Waals surface area contributed by atoms with Gasteiger partial charge in [0.05, 0.1) is 4.92 Å². The molecule has 0 fully saturated rings. The van der Waals surface area contributed by atoms with Crippen molar-refractivity contribution < 1.29 is 18.1 Å². The van der Waals surface area contributed by atoms with Crippen LogP contribution in [0.15, 0.2) is 54.7 Å². The van der Waals surface area contributed by atoms with Crippen LogP contribution in [0.1, 0.15) is 11.1 Å². The highest BCUT2D eigenvalue weighted by Crippen LogP contribution is 2.35. The first-order valence-corrected chi connectivity index (χ1v) is 8.02. The van der Waals surface area contributed by atoms with Crippen molar-refractivity contribution in [1.82, 2.24) is 9.97 Å². The van der Waals surface area contributed by atoms with Crippen LogP contribution in [0.25, 0.3) is 0 Å². The molecule has 3 aromatic rings. The zero-order valence-electron chi connectivity index (χ0n) is 14.5. The third-order valence-corrected chi connectivity index (χ3v) is 3.71. The number of hydrogen-bond donors (Lipinski definition) is 2. The third kappa shape index (κ3) is 4.53.